The van der Waals surface area contributed by atoms with Gasteiger partial charge >= 0.3 is 19.2 Å². The van der Waals surface area contributed by atoms with Gasteiger partial charge in [-0.2, -0.15) is 17.6 Å². The number of halogens is 4. The van der Waals surface area contributed by atoms with E-state index in [1.165, 1.54) is 35.5 Å². The van der Waals surface area contributed by atoms with Crippen molar-refractivity contribution in [2.75, 3.05) is 14.2 Å². The van der Waals surface area contributed by atoms with Crippen LogP contribution in [-0.2, 0) is 13.0 Å². The average molecular weight is 620 g/mol. The first-order valence-electron chi connectivity index (χ1n) is 13.4. The normalized spacial score (nSPS) is 14.5. The molecular weight excluding hydrogens is 590 g/mol. The lowest BCUT2D eigenvalue weighted by molar-refractivity contribution is -0.0542. The van der Waals surface area contributed by atoms with Gasteiger partial charge in [0.15, 0.2) is 11.4 Å². The van der Waals surface area contributed by atoms with Crippen LogP contribution in [0.15, 0.2) is 41.3 Å². The van der Waals surface area contributed by atoms with Crippen LogP contribution in [0.5, 0.6) is 23.0 Å². The molecule has 1 aliphatic rings. The molecular formula is C30H29F4N3O7. The summed E-state index contributed by atoms with van der Waals surface area (Å²) in [5.41, 5.74) is -0.103. The second kappa shape index (κ2) is 11.4. The molecule has 0 amide bonds. The van der Waals surface area contributed by atoms with Crippen molar-refractivity contribution in [3.63, 3.8) is 0 Å². The van der Waals surface area contributed by atoms with Crippen LogP contribution >= 0.6 is 0 Å². The predicted octanol–water partition coefficient (Wildman–Crippen LogP) is 5.82. The Morgan fingerprint density at radius 1 is 1.02 bits per heavy atom. The minimum absolute atomic E-state index is 0.124. The van der Waals surface area contributed by atoms with Crippen molar-refractivity contribution in [3.8, 4) is 34.4 Å². The fraction of sp³-hybridized carbons (Fsp3) is 0.367. The van der Waals surface area contributed by atoms with E-state index in [1.54, 1.807) is 18.2 Å². The molecule has 0 fully saturated rings. The van der Waals surface area contributed by atoms with E-state index in [2.05, 4.69) is 14.5 Å². The summed E-state index contributed by atoms with van der Waals surface area (Å²) in [5.74, 6) is -1.96. The van der Waals surface area contributed by atoms with Crippen molar-refractivity contribution < 1.29 is 46.4 Å². The number of ether oxygens (including phenoxy) is 4. The molecule has 0 bridgehead atoms. The van der Waals surface area contributed by atoms with Crippen molar-refractivity contribution in [2.24, 2.45) is 5.41 Å². The summed E-state index contributed by atoms with van der Waals surface area (Å²) in [6, 6.07) is 7.15. The number of carbonyl (C=O) groups is 1. The number of nitrogens with zero attached hydrogens (tertiary/aromatic N) is 3. The summed E-state index contributed by atoms with van der Waals surface area (Å²) in [5, 5.41) is 10.0. The summed E-state index contributed by atoms with van der Waals surface area (Å²) in [7, 11) is 2.91. The van der Waals surface area contributed by atoms with Gasteiger partial charge in [-0.25, -0.2) is 9.78 Å². The van der Waals surface area contributed by atoms with Gasteiger partial charge in [0.25, 0.3) is 5.56 Å². The Morgan fingerprint density at radius 2 is 1.70 bits per heavy atom. The van der Waals surface area contributed by atoms with Gasteiger partial charge in [-0.15, -0.1) is 0 Å². The number of aromatic nitrogens is 3. The standard InChI is InChI=1S/C30H29F4N3O7/c1-30(2,3)19-11-20-23(35-25-22(44-29(33)34)9-16(13-36(20)25)43-28(31)32)24-17(19)10-18(27(39)40)26(38)37(24)12-14-6-7-15(41-4)8-21(14)42-5/h6-10,13,19,28-29H,11-12H2,1-5H3,(H,39,40). The number of rotatable bonds is 9. The van der Waals surface area contributed by atoms with Crippen molar-refractivity contribution in [1.29, 1.82) is 0 Å². The molecule has 3 heterocycles. The molecule has 1 aliphatic carbocycles. The second-order valence-electron chi connectivity index (χ2n) is 11.3. The van der Waals surface area contributed by atoms with E-state index in [-0.39, 0.29) is 30.0 Å². The summed E-state index contributed by atoms with van der Waals surface area (Å²) in [6.45, 7) is -0.922. The number of alkyl halides is 4. The SMILES string of the molecule is COc1ccc(Cn2c3c(cc(C(=O)O)c2=O)C(C(C)(C)C)Cc2c-3nc3c(OC(F)F)cc(OC(F)F)cn23)c(OC)c1. The Balaban J connectivity index is 1.87. The Bertz CT molecular complexity index is 1810. The molecule has 0 radical (unpaired) electrons. The number of benzene rings is 1. The molecule has 0 saturated carbocycles. The average Bonchev–Trinajstić information content (AvgIpc) is 3.31. The number of pyridine rings is 2. The number of carboxylic acids is 1. The highest BCUT2D eigenvalue weighted by Gasteiger charge is 2.39. The third-order valence-corrected chi connectivity index (χ3v) is 7.62. The number of aromatic carboxylic acids is 1. The van der Waals surface area contributed by atoms with Crippen molar-refractivity contribution in [1.82, 2.24) is 14.0 Å². The molecule has 5 rings (SSSR count). The smallest absolute Gasteiger partial charge is 0.387 e. The highest BCUT2D eigenvalue weighted by Crippen LogP contribution is 2.48. The Morgan fingerprint density at radius 3 is 2.30 bits per heavy atom. The van der Waals surface area contributed by atoms with Crippen LogP contribution in [0, 0.1) is 5.41 Å². The minimum Gasteiger partial charge on any atom is -0.497 e. The van der Waals surface area contributed by atoms with Gasteiger partial charge in [-0.3, -0.25) is 9.20 Å². The highest BCUT2D eigenvalue weighted by atomic mass is 19.3. The van der Waals surface area contributed by atoms with Crippen LogP contribution in [0.1, 0.15) is 53.9 Å². The number of fused-ring (bicyclic) bond motifs is 5. The maximum atomic E-state index is 13.8. The maximum Gasteiger partial charge on any atom is 0.387 e. The number of hydrogen-bond donors (Lipinski definition) is 1. The van der Waals surface area contributed by atoms with Crippen LogP contribution in [-0.4, -0.2) is 52.5 Å². The molecule has 44 heavy (non-hydrogen) atoms. The molecule has 14 heteroatoms. The summed E-state index contributed by atoms with van der Waals surface area (Å²) in [6.07, 6.45) is 1.39. The molecule has 0 aliphatic heterocycles. The first-order valence-corrected chi connectivity index (χ1v) is 13.4. The van der Waals surface area contributed by atoms with E-state index >= 15 is 0 Å². The van der Waals surface area contributed by atoms with Gasteiger partial charge in [0.05, 0.1) is 38.3 Å². The summed E-state index contributed by atoms with van der Waals surface area (Å²) >= 11 is 0. The molecule has 1 aromatic carbocycles. The third-order valence-electron chi connectivity index (χ3n) is 7.62. The van der Waals surface area contributed by atoms with Crippen LogP contribution in [0.25, 0.3) is 17.0 Å². The van der Waals surface area contributed by atoms with Crippen molar-refractivity contribution in [2.45, 2.75) is 52.9 Å². The second-order valence-corrected chi connectivity index (χ2v) is 11.3. The zero-order chi connectivity index (χ0) is 32.1. The van der Waals surface area contributed by atoms with Crippen LogP contribution in [0.4, 0.5) is 17.6 Å². The molecule has 1 unspecified atom stereocenters. The predicted molar refractivity (Wildman–Crippen MR) is 150 cm³/mol. The van der Waals surface area contributed by atoms with E-state index in [4.69, 9.17) is 9.47 Å². The van der Waals surface area contributed by atoms with Gasteiger partial charge < -0.3 is 28.6 Å². The molecule has 3 aromatic heterocycles. The largest absolute Gasteiger partial charge is 0.497 e. The third kappa shape index (κ3) is 5.51. The lowest BCUT2D eigenvalue weighted by Crippen LogP contribution is -2.34. The molecule has 1 N–H and O–H groups in total. The summed E-state index contributed by atoms with van der Waals surface area (Å²) in [4.78, 5) is 30.7. The fourth-order valence-electron chi connectivity index (χ4n) is 5.62. The van der Waals surface area contributed by atoms with E-state index in [9.17, 15) is 32.3 Å². The van der Waals surface area contributed by atoms with E-state index < -0.39 is 53.1 Å². The topological polar surface area (TPSA) is 114 Å². The van der Waals surface area contributed by atoms with Gasteiger partial charge in [-0.1, -0.05) is 20.8 Å². The Kier molecular flexibility index (Phi) is 7.95. The van der Waals surface area contributed by atoms with Gasteiger partial charge in [0.2, 0.25) is 0 Å². The Labute approximate surface area is 248 Å². The molecule has 0 saturated heterocycles. The quantitative estimate of drug-likeness (QED) is 0.234. The zero-order valence-corrected chi connectivity index (χ0v) is 24.4. The molecule has 0 spiro atoms. The molecule has 234 valence electrons. The zero-order valence-electron chi connectivity index (χ0n) is 24.4. The minimum atomic E-state index is -3.30. The summed E-state index contributed by atoms with van der Waals surface area (Å²) < 4.78 is 75.7. The van der Waals surface area contributed by atoms with E-state index in [0.717, 1.165) is 6.07 Å². The Hall–Kier alpha value is -4.75. The van der Waals surface area contributed by atoms with Crippen molar-refractivity contribution in [3.05, 3.63) is 69.3 Å². The first-order chi connectivity index (χ1) is 20.7. The fourth-order valence-corrected chi connectivity index (χ4v) is 5.62. The maximum absolute atomic E-state index is 13.8. The van der Waals surface area contributed by atoms with E-state index in [1.807, 2.05) is 20.8 Å². The lowest BCUT2D eigenvalue weighted by Gasteiger charge is -2.36. The number of carboxylic acid groups (broad SMARTS) is 1. The number of imidazole rings is 1. The lowest BCUT2D eigenvalue weighted by atomic mass is 9.70. The van der Waals surface area contributed by atoms with Gasteiger partial charge in [0.1, 0.15) is 28.5 Å². The first kappa shape index (κ1) is 30.7. The monoisotopic (exact) mass is 619 g/mol. The van der Waals surface area contributed by atoms with Crippen LogP contribution in [0.3, 0.4) is 0 Å². The molecule has 4 aromatic rings. The van der Waals surface area contributed by atoms with Crippen molar-refractivity contribution >= 4 is 11.6 Å². The molecule has 10 nitrogen and oxygen atoms in total. The highest BCUT2D eigenvalue weighted by molar-refractivity contribution is 5.88. The number of hydrogen-bond acceptors (Lipinski definition) is 7. The van der Waals surface area contributed by atoms with E-state index in [0.29, 0.717) is 28.3 Å². The van der Waals surface area contributed by atoms with Gasteiger partial charge in [-0.05, 0) is 41.5 Å². The van der Waals surface area contributed by atoms with Crippen LogP contribution < -0.4 is 24.5 Å². The molecule has 1 atom stereocenters. The number of methoxy groups -OCH3 is 2. The van der Waals surface area contributed by atoms with Gasteiger partial charge in [0, 0.05) is 17.7 Å². The van der Waals surface area contributed by atoms with Crippen LogP contribution in [0.2, 0.25) is 0 Å².